The molecule has 0 aliphatic heterocycles. The Kier molecular flexibility index (Phi) is 3.80. The highest BCUT2D eigenvalue weighted by atomic mass is 32.2. The average Bonchev–Trinajstić information content (AvgIpc) is 2.92. The first-order valence-corrected chi connectivity index (χ1v) is 7.60. The first-order valence-electron chi connectivity index (χ1n) is 6.16. The van der Waals surface area contributed by atoms with Gasteiger partial charge in [-0.15, -0.1) is 9.19 Å². The molecule has 0 saturated heterocycles. The van der Waals surface area contributed by atoms with E-state index in [1.807, 2.05) is 13.8 Å². The summed E-state index contributed by atoms with van der Waals surface area (Å²) in [6, 6.07) is 3.38. The van der Waals surface area contributed by atoms with Gasteiger partial charge in [-0.2, -0.15) is 8.42 Å². The van der Waals surface area contributed by atoms with E-state index in [4.69, 9.17) is 4.74 Å². The molecule has 0 radical (unpaired) electrons. The fourth-order valence-corrected chi connectivity index (χ4v) is 3.29. The summed E-state index contributed by atoms with van der Waals surface area (Å²) in [5.41, 5.74) is 1.46. The van der Waals surface area contributed by atoms with Crippen LogP contribution in [0, 0.1) is 6.92 Å². The van der Waals surface area contributed by atoms with Crippen molar-refractivity contribution in [2.45, 2.75) is 31.6 Å². The SMILES string of the molecule is COc1cc(C)c(S(=O)(=O)n2cncn2)cc1C(C)C. The van der Waals surface area contributed by atoms with Crippen molar-refractivity contribution in [2.75, 3.05) is 7.11 Å². The van der Waals surface area contributed by atoms with Gasteiger partial charge in [-0.1, -0.05) is 13.8 Å². The largest absolute Gasteiger partial charge is 0.496 e. The molecule has 108 valence electrons. The minimum atomic E-state index is -3.72. The summed E-state index contributed by atoms with van der Waals surface area (Å²) in [6.45, 7) is 5.70. The lowest BCUT2D eigenvalue weighted by molar-refractivity contribution is 0.406. The van der Waals surface area contributed by atoms with Crippen molar-refractivity contribution in [3.8, 4) is 5.75 Å². The van der Waals surface area contributed by atoms with Gasteiger partial charge in [0.2, 0.25) is 0 Å². The van der Waals surface area contributed by atoms with E-state index in [1.165, 1.54) is 12.7 Å². The van der Waals surface area contributed by atoms with Gasteiger partial charge in [-0.25, -0.2) is 4.98 Å². The molecule has 6 nitrogen and oxygen atoms in total. The third-order valence-electron chi connectivity index (χ3n) is 3.07. The number of nitrogens with zero attached hydrogens (tertiary/aromatic N) is 3. The van der Waals surface area contributed by atoms with E-state index in [1.54, 1.807) is 26.2 Å². The second-order valence-electron chi connectivity index (χ2n) is 4.79. The normalized spacial score (nSPS) is 11.8. The monoisotopic (exact) mass is 295 g/mol. The van der Waals surface area contributed by atoms with Gasteiger partial charge in [0.25, 0.3) is 10.0 Å². The van der Waals surface area contributed by atoms with Crippen molar-refractivity contribution in [1.82, 2.24) is 14.2 Å². The molecule has 0 unspecified atom stereocenters. The van der Waals surface area contributed by atoms with E-state index in [2.05, 4.69) is 10.1 Å². The molecular formula is C13H17N3O3S. The highest BCUT2D eigenvalue weighted by Gasteiger charge is 2.23. The van der Waals surface area contributed by atoms with Crippen molar-refractivity contribution in [2.24, 2.45) is 0 Å². The van der Waals surface area contributed by atoms with Gasteiger partial charge >= 0.3 is 0 Å². The van der Waals surface area contributed by atoms with Gasteiger partial charge in [0.05, 0.1) is 12.0 Å². The molecule has 0 aliphatic carbocycles. The number of hydrogen-bond acceptors (Lipinski definition) is 5. The molecule has 0 saturated carbocycles. The lowest BCUT2D eigenvalue weighted by Gasteiger charge is -2.16. The minimum absolute atomic E-state index is 0.148. The van der Waals surface area contributed by atoms with Crippen molar-refractivity contribution in [3.63, 3.8) is 0 Å². The van der Waals surface area contributed by atoms with Crippen LogP contribution in [0.4, 0.5) is 0 Å². The predicted molar refractivity (Wildman–Crippen MR) is 74.4 cm³/mol. The van der Waals surface area contributed by atoms with E-state index < -0.39 is 10.0 Å². The van der Waals surface area contributed by atoms with Crippen LogP contribution < -0.4 is 4.74 Å². The summed E-state index contributed by atoms with van der Waals surface area (Å²) in [5.74, 6) is 0.838. The predicted octanol–water partition coefficient (Wildman–Crippen LogP) is 1.96. The fraction of sp³-hybridized carbons (Fsp3) is 0.385. The Morgan fingerprint density at radius 2 is 2.00 bits per heavy atom. The van der Waals surface area contributed by atoms with Gasteiger partial charge in [0.1, 0.15) is 18.4 Å². The molecule has 0 bridgehead atoms. The molecule has 20 heavy (non-hydrogen) atoms. The molecule has 0 N–H and O–H groups in total. The Bertz CT molecular complexity index is 707. The van der Waals surface area contributed by atoms with Crippen LogP contribution in [0.3, 0.4) is 0 Å². The molecule has 0 atom stereocenters. The maximum atomic E-state index is 12.5. The molecule has 0 amide bonds. The van der Waals surface area contributed by atoms with Gasteiger partial charge in [0.15, 0.2) is 0 Å². The molecule has 1 aromatic carbocycles. The Morgan fingerprint density at radius 3 is 2.50 bits per heavy atom. The molecule has 1 heterocycles. The second-order valence-corrected chi connectivity index (χ2v) is 6.55. The Balaban J connectivity index is 2.67. The van der Waals surface area contributed by atoms with Crippen molar-refractivity contribution >= 4 is 10.0 Å². The average molecular weight is 295 g/mol. The molecular weight excluding hydrogens is 278 g/mol. The lowest BCUT2D eigenvalue weighted by Crippen LogP contribution is -2.15. The van der Waals surface area contributed by atoms with Crippen LogP contribution in [-0.4, -0.2) is 29.7 Å². The first-order chi connectivity index (χ1) is 9.37. The molecule has 0 fully saturated rings. The highest BCUT2D eigenvalue weighted by molar-refractivity contribution is 7.89. The van der Waals surface area contributed by atoms with Crippen molar-refractivity contribution in [1.29, 1.82) is 0 Å². The van der Waals surface area contributed by atoms with E-state index in [0.717, 1.165) is 9.65 Å². The van der Waals surface area contributed by atoms with Gasteiger partial charge in [-0.05, 0) is 36.1 Å². The molecule has 1 aromatic heterocycles. The third kappa shape index (κ3) is 2.40. The van der Waals surface area contributed by atoms with E-state index in [-0.39, 0.29) is 10.8 Å². The summed E-state index contributed by atoms with van der Waals surface area (Å²) in [4.78, 5) is 3.90. The van der Waals surface area contributed by atoms with Crippen molar-refractivity contribution in [3.05, 3.63) is 35.9 Å². The number of aromatic nitrogens is 3. The van der Waals surface area contributed by atoms with E-state index >= 15 is 0 Å². The maximum Gasteiger partial charge on any atom is 0.284 e. The summed E-state index contributed by atoms with van der Waals surface area (Å²) >= 11 is 0. The molecule has 0 spiro atoms. The second kappa shape index (κ2) is 5.24. The summed E-state index contributed by atoms with van der Waals surface area (Å²) in [6.07, 6.45) is 2.37. The molecule has 2 rings (SSSR count). The zero-order chi connectivity index (χ0) is 14.9. The summed E-state index contributed by atoms with van der Waals surface area (Å²) in [5, 5.41) is 3.71. The van der Waals surface area contributed by atoms with Crippen LogP contribution in [0.15, 0.2) is 29.7 Å². The fourth-order valence-electron chi connectivity index (χ4n) is 2.01. The van der Waals surface area contributed by atoms with Crippen molar-refractivity contribution < 1.29 is 13.2 Å². The summed E-state index contributed by atoms with van der Waals surface area (Å²) in [7, 11) is -2.14. The minimum Gasteiger partial charge on any atom is -0.496 e. The van der Waals surface area contributed by atoms with E-state index in [0.29, 0.717) is 11.3 Å². The quantitative estimate of drug-likeness (QED) is 0.862. The van der Waals surface area contributed by atoms with Crippen LogP contribution in [-0.2, 0) is 10.0 Å². The Hall–Kier alpha value is -1.89. The Morgan fingerprint density at radius 1 is 1.30 bits per heavy atom. The van der Waals surface area contributed by atoms with E-state index in [9.17, 15) is 8.42 Å². The number of methoxy groups -OCH3 is 1. The first kappa shape index (κ1) is 14.5. The zero-order valence-corrected chi connectivity index (χ0v) is 12.7. The lowest BCUT2D eigenvalue weighted by atomic mass is 10.0. The van der Waals surface area contributed by atoms with Crippen LogP contribution >= 0.6 is 0 Å². The number of rotatable bonds is 4. The zero-order valence-electron chi connectivity index (χ0n) is 11.9. The van der Waals surface area contributed by atoms with Gasteiger partial charge in [0, 0.05) is 0 Å². The standard InChI is InChI=1S/C13H17N3O3S/c1-9(2)11-6-13(10(3)5-12(11)19-4)20(17,18)16-8-14-7-15-16/h5-9H,1-4H3. The molecule has 7 heteroatoms. The molecule has 0 aliphatic rings. The van der Waals surface area contributed by atoms with Crippen LogP contribution in [0.25, 0.3) is 0 Å². The van der Waals surface area contributed by atoms with Crippen LogP contribution in [0.2, 0.25) is 0 Å². The Labute approximate surface area is 118 Å². The number of ether oxygens (including phenoxy) is 1. The third-order valence-corrected chi connectivity index (χ3v) is 4.75. The van der Waals surface area contributed by atoms with Crippen LogP contribution in [0.5, 0.6) is 5.75 Å². The summed E-state index contributed by atoms with van der Waals surface area (Å²) < 4.78 is 31.2. The van der Waals surface area contributed by atoms with Crippen LogP contribution in [0.1, 0.15) is 30.9 Å². The number of hydrogen-bond donors (Lipinski definition) is 0. The topological polar surface area (TPSA) is 74.1 Å². The maximum absolute atomic E-state index is 12.5. The van der Waals surface area contributed by atoms with Gasteiger partial charge in [-0.3, -0.25) is 0 Å². The number of benzene rings is 1. The molecule has 2 aromatic rings. The van der Waals surface area contributed by atoms with Gasteiger partial charge < -0.3 is 4.74 Å². The smallest absolute Gasteiger partial charge is 0.284 e. The highest BCUT2D eigenvalue weighted by Crippen LogP contribution is 2.32. The number of aryl methyl sites for hydroxylation is 1.